The first kappa shape index (κ1) is 17.4. The number of carbonyl (C=O) groups is 1. The van der Waals surface area contributed by atoms with Gasteiger partial charge in [0.15, 0.2) is 11.4 Å². The van der Waals surface area contributed by atoms with Crippen molar-refractivity contribution in [1.82, 2.24) is 9.88 Å². The predicted molar refractivity (Wildman–Crippen MR) is 84.4 cm³/mol. The van der Waals surface area contributed by atoms with Gasteiger partial charge in [-0.15, -0.1) is 0 Å². The van der Waals surface area contributed by atoms with Crippen molar-refractivity contribution >= 4 is 5.91 Å². The molecule has 0 aliphatic heterocycles. The molecule has 1 unspecified atom stereocenters. The first-order valence-corrected chi connectivity index (χ1v) is 7.45. The molecule has 2 N–H and O–H groups in total. The van der Waals surface area contributed by atoms with Crippen LogP contribution >= 0.6 is 0 Å². The number of nitrogens with zero attached hydrogens (tertiary/aromatic N) is 2. The fraction of sp³-hybridized carbons (Fsp3) is 0.625. The molecule has 0 bridgehead atoms. The van der Waals surface area contributed by atoms with Gasteiger partial charge in [-0.1, -0.05) is 13.8 Å². The summed E-state index contributed by atoms with van der Waals surface area (Å²) in [5.74, 6) is 0.794. The third kappa shape index (κ3) is 5.34. The van der Waals surface area contributed by atoms with Gasteiger partial charge in [0.25, 0.3) is 5.91 Å². The van der Waals surface area contributed by atoms with Gasteiger partial charge >= 0.3 is 0 Å². The highest BCUT2D eigenvalue weighted by molar-refractivity contribution is 5.94. The maximum atomic E-state index is 12.5. The molecule has 0 fully saturated rings. The minimum absolute atomic E-state index is 0.000388. The van der Waals surface area contributed by atoms with Crippen LogP contribution in [0.25, 0.3) is 0 Å². The Bertz CT molecular complexity index is 461. The van der Waals surface area contributed by atoms with E-state index in [2.05, 4.69) is 18.8 Å². The molecule has 1 atom stereocenters. The van der Waals surface area contributed by atoms with Crippen molar-refractivity contribution in [3.05, 3.63) is 24.0 Å². The number of amides is 1. The van der Waals surface area contributed by atoms with Crippen molar-refractivity contribution in [2.24, 2.45) is 11.7 Å². The average Bonchev–Trinajstić information content (AvgIpc) is 2.43. The maximum absolute atomic E-state index is 12.5. The lowest BCUT2D eigenvalue weighted by molar-refractivity contribution is 0.0776. The van der Waals surface area contributed by atoms with Crippen molar-refractivity contribution in [1.29, 1.82) is 0 Å². The van der Waals surface area contributed by atoms with Crippen LogP contribution in [-0.4, -0.2) is 41.5 Å². The summed E-state index contributed by atoms with van der Waals surface area (Å²) in [6.45, 7) is 8.62. The van der Waals surface area contributed by atoms with E-state index in [4.69, 9.17) is 10.5 Å². The van der Waals surface area contributed by atoms with Crippen LogP contribution in [0.4, 0.5) is 0 Å². The monoisotopic (exact) mass is 293 g/mol. The fourth-order valence-corrected chi connectivity index (χ4v) is 1.86. The van der Waals surface area contributed by atoms with Gasteiger partial charge in [0.05, 0.1) is 6.10 Å². The maximum Gasteiger partial charge on any atom is 0.276 e. The first-order chi connectivity index (χ1) is 9.82. The molecule has 5 heteroatoms. The Hall–Kier alpha value is -1.62. The van der Waals surface area contributed by atoms with E-state index in [0.29, 0.717) is 23.9 Å². The molecule has 1 aromatic rings. The van der Waals surface area contributed by atoms with Gasteiger partial charge in [0, 0.05) is 25.8 Å². The highest BCUT2D eigenvalue weighted by Crippen LogP contribution is 2.18. The van der Waals surface area contributed by atoms with Gasteiger partial charge < -0.3 is 15.4 Å². The van der Waals surface area contributed by atoms with E-state index in [-0.39, 0.29) is 18.1 Å². The first-order valence-electron chi connectivity index (χ1n) is 7.45. The summed E-state index contributed by atoms with van der Waals surface area (Å²) in [5.41, 5.74) is 6.37. The smallest absolute Gasteiger partial charge is 0.276 e. The lowest BCUT2D eigenvalue weighted by atomic mass is 10.0. The molecular formula is C16H27N3O2. The lowest BCUT2D eigenvalue weighted by Crippen LogP contribution is -2.35. The SMILES string of the molecule is CC(C)Oc1cccnc1C(=O)N(C)CCC(N)C(C)C. The minimum Gasteiger partial charge on any atom is -0.489 e. The Morgan fingerprint density at radius 1 is 1.38 bits per heavy atom. The molecule has 21 heavy (non-hydrogen) atoms. The molecule has 5 nitrogen and oxygen atoms in total. The van der Waals surface area contributed by atoms with Crippen LogP contribution in [0.1, 0.15) is 44.6 Å². The lowest BCUT2D eigenvalue weighted by Gasteiger charge is -2.22. The Labute approximate surface area is 127 Å². The van der Waals surface area contributed by atoms with Crippen LogP contribution in [0.5, 0.6) is 5.75 Å². The molecule has 0 aliphatic rings. The van der Waals surface area contributed by atoms with Crippen molar-refractivity contribution in [2.75, 3.05) is 13.6 Å². The number of nitrogens with two attached hydrogens (primary N) is 1. The largest absolute Gasteiger partial charge is 0.489 e. The minimum atomic E-state index is -0.137. The van der Waals surface area contributed by atoms with Gasteiger partial charge in [0.2, 0.25) is 0 Å². The summed E-state index contributed by atoms with van der Waals surface area (Å²) in [5, 5.41) is 0. The number of hydrogen-bond acceptors (Lipinski definition) is 4. The van der Waals surface area contributed by atoms with Gasteiger partial charge in [-0.05, 0) is 38.3 Å². The van der Waals surface area contributed by atoms with E-state index in [1.807, 2.05) is 13.8 Å². The van der Waals surface area contributed by atoms with Crippen LogP contribution in [0.2, 0.25) is 0 Å². The van der Waals surface area contributed by atoms with Crippen LogP contribution in [0, 0.1) is 5.92 Å². The van der Waals surface area contributed by atoms with Gasteiger partial charge in [0.1, 0.15) is 0 Å². The number of pyridine rings is 1. The third-order valence-electron chi connectivity index (χ3n) is 3.34. The van der Waals surface area contributed by atoms with Crippen molar-refractivity contribution in [3.8, 4) is 5.75 Å². The third-order valence-corrected chi connectivity index (χ3v) is 3.34. The van der Waals surface area contributed by atoms with Gasteiger partial charge in [-0.2, -0.15) is 0 Å². The molecule has 1 amide bonds. The molecule has 118 valence electrons. The zero-order chi connectivity index (χ0) is 16.0. The molecule has 0 radical (unpaired) electrons. The molecule has 1 rings (SSSR count). The van der Waals surface area contributed by atoms with Crippen LogP contribution in [0.15, 0.2) is 18.3 Å². The highest BCUT2D eigenvalue weighted by atomic mass is 16.5. The van der Waals surface area contributed by atoms with Crippen molar-refractivity contribution < 1.29 is 9.53 Å². The van der Waals surface area contributed by atoms with Crippen LogP contribution < -0.4 is 10.5 Å². The number of rotatable bonds is 7. The van der Waals surface area contributed by atoms with Crippen LogP contribution in [0.3, 0.4) is 0 Å². The molecule has 0 aliphatic carbocycles. The van der Waals surface area contributed by atoms with Crippen LogP contribution in [-0.2, 0) is 0 Å². The standard InChI is InChI=1S/C16H27N3O2/c1-11(2)13(17)8-10-19(5)16(20)15-14(21-12(3)4)7-6-9-18-15/h6-7,9,11-13H,8,10,17H2,1-5H3. The van der Waals surface area contributed by atoms with E-state index < -0.39 is 0 Å². The van der Waals surface area contributed by atoms with E-state index in [1.165, 1.54) is 0 Å². The zero-order valence-electron chi connectivity index (χ0n) is 13.7. The highest BCUT2D eigenvalue weighted by Gasteiger charge is 2.19. The average molecular weight is 293 g/mol. The molecule has 1 aromatic heterocycles. The Morgan fingerprint density at radius 3 is 2.62 bits per heavy atom. The van der Waals surface area contributed by atoms with E-state index in [1.54, 1.807) is 30.3 Å². The fourth-order valence-electron chi connectivity index (χ4n) is 1.86. The second kappa shape index (κ2) is 7.98. The number of ether oxygens (including phenoxy) is 1. The number of aromatic nitrogens is 1. The summed E-state index contributed by atoms with van der Waals surface area (Å²) in [7, 11) is 1.77. The molecule has 0 spiro atoms. The Kier molecular flexibility index (Phi) is 6.62. The van der Waals surface area contributed by atoms with Gasteiger partial charge in [-0.25, -0.2) is 4.98 Å². The topological polar surface area (TPSA) is 68.5 Å². The molecule has 0 aromatic carbocycles. The summed E-state index contributed by atoms with van der Waals surface area (Å²) in [4.78, 5) is 18.3. The van der Waals surface area contributed by atoms with Crippen molar-refractivity contribution in [2.45, 2.75) is 46.3 Å². The van der Waals surface area contributed by atoms with E-state index >= 15 is 0 Å². The van der Waals surface area contributed by atoms with Gasteiger partial charge in [-0.3, -0.25) is 4.79 Å². The second-order valence-corrected chi connectivity index (χ2v) is 5.94. The summed E-state index contributed by atoms with van der Waals surface area (Å²) in [6.07, 6.45) is 2.38. The molecule has 1 heterocycles. The second-order valence-electron chi connectivity index (χ2n) is 5.94. The number of hydrogen-bond donors (Lipinski definition) is 1. The van der Waals surface area contributed by atoms with E-state index in [0.717, 1.165) is 6.42 Å². The Balaban J connectivity index is 2.74. The predicted octanol–water partition coefficient (Wildman–Crippen LogP) is 2.31. The number of carbonyl (C=O) groups excluding carboxylic acids is 1. The Morgan fingerprint density at radius 2 is 2.05 bits per heavy atom. The molecule has 0 saturated carbocycles. The van der Waals surface area contributed by atoms with E-state index in [9.17, 15) is 4.79 Å². The van der Waals surface area contributed by atoms with Crippen molar-refractivity contribution in [3.63, 3.8) is 0 Å². The quantitative estimate of drug-likeness (QED) is 0.837. The molecular weight excluding hydrogens is 266 g/mol. The normalized spacial score (nSPS) is 12.6. The summed E-state index contributed by atoms with van der Waals surface area (Å²) in [6, 6.07) is 3.63. The summed E-state index contributed by atoms with van der Waals surface area (Å²) >= 11 is 0. The summed E-state index contributed by atoms with van der Waals surface area (Å²) < 4.78 is 5.65. The zero-order valence-corrected chi connectivity index (χ0v) is 13.7. The molecule has 0 saturated heterocycles.